The maximum atomic E-state index is 12.4. The number of hydrogen-bond acceptors (Lipinski definition) is 3. The van der Waals surface area contributed by atoms with Crippen molar-refractivity contribution in [2.24, 2.45) is 0 Å². The van der Waals surface area contributed by atoms with E-state index in [0.29, 0.717) is 31.2 Å². The molecule has 3 rings (SSSR count). The van der Waals surface area contributed by atoms with Gasteiger partial charge in [0.1, 0.15) is 12.4 Å². The van der Waals surface area contributed by atoms with Crippen LogP contribution >= 0.6 is 15.9 Å². The summed E-state index contributed by atoms with van der Waals surface area (Å²) in [7, 11) is 0. The van der Waals surface area contributed by atoms with Crippen LogP contribution in [0.15, 0.2) is 65.4 Å². The van der Waals surface area contributed by atoms with Crippen LogP contribution in [0.3, 0.4) is 0 Å². The van der Waals surface area contributed by atoms with Crippen molar-refractivity contribution in [3.63, 3.8) is 0 Å². The van der Waals surface area contributed by atoms with Gasteiger partial charge in [0.2, 0.25) is 0 Å². The zero-order chi connectivity index (χ0) is 19.9. The third-order valence-corrected chi connectivity index (χ3v) is 4.78. The number of carbonyl (C=O) groups is 1. The summed E-state index contributed by atoms with van der Waals surface area (Å²) in [5.74, 6) is 1.22. The van der Waals surface area contributed by atoms with E-state index in [1.165, 1.54) is 5.56 Å². The summed E-state index contributed by atoms with van der Waals surface area (Å²) in [5, 5.41) is 7.09. The molecular formula is C22H24BrN3O2. The quantitative estimate of drug-likeness (QED) is 0.547. The predicted octanol–water partition coefficient (Wildman–Crippen LogP) is 4.78. The normalized spacial score (nSPS) is 10.9. The first-order valence-electron chi connectivity index (χ1n) is 9.29. The number of nitrogens with zero attached hydrogens (tertiary/aromatic N) is 2. The first-order valence-corrected chi connectivity index (χ1v) is 10.1. The molecule has 2 aromatic carbocycles. The van der Waals surface area contributed by atoms with E-state index in [1.54, 1.807) is 16.9 Å². The second kappa shape index (κ2) is 9.55. The molecule has 0 atom stereocenters. The Morgan fingerprint density at radius 2 is 2.00 bits per heavy atom. The minimum absolute atomic E-state index is 0.102. The van der Waals surface area contributed by atoms with Gasteiger partial charge < -0.3 is 10.1 Å². The monoisotopic (exact) mass is 441 g/mol. The van der Waals surface area contributed by atoms with Gasteiger partial charge in [-0.05, 0) is 57.2 Å². The molecule has 28 heavy (non-hydrogen) atoms. The van der Waals surface area contributed by atoms with Crippen molar-refractivity contribution in [1.29, 1.82) is 0 Å². The highest BCUT2D eigenvalue weighted by atomic mass is 79.9. The highest BCUT2D eigenvalue weighted by Gasteiger charge is 2.07. The fourth-order valence-corrected chi connectivity index (χ4v) is 3.09. The van der Waals surface area contributed by atoms with E-state index in [-0.39, 0.29) is 5.91 Å². The van der Waals surface area contributed by atoms with Gasteiger partial charge in [-0.1, -0.05) is 38.1 Å². The fourth-order valence-electron chi connectivity index (χ4n) is 2.76. The Hall–Kier alpha value is -2.60. The van der Waals surface area contributed by atoms with Crippen molar-refractivity contribution < 1.29 is 9.53 Å². The van der Waals surface area contributed by atoms with E-state index in [2.05, 4.69) is 52.3 Å². The largest absolute Gasteiger partial charge is 0.489 e. The van der Waals surface area contributed by atoms with E-state index in [4.69, 9.17) is 4.74 Å². The molecule has 6 heteroatoms. The zero-order valence-corrected chi connectivity index (χ0v) is 17.6. The minimum atomic E-state index is -0.102. The Balaban J connectivity index is 1.51. The lowest BCUT2D eigenvalue weighted by Crippen LogP contribution is -2.27. The molecule has 0 radical (unpaired) electrons. The molecule has 0 aliphatic heterocycles. The Morgan fingerprint density at radius 1 is 1.21 bits per heavy atom. The molecule has 0 spiro atoms. The number of aromatic nitrogens is 2. The van der Waals surface area contributed by atoms with Crippen molar-refractivity contribution in [3.8, 4) is 5.75 Å². The summed E-state index contributed by atoms with van der Waals surface area (Å²) >= 11 is 3.36. The SMILES string of the molecule is CC(C)c1ccc(OCc2cccc(C(=O)NCCn3cc(Br)cn3)c2)cc1. The first-order chi connectivity index (χ1) is 13.5. The molecular weight excluding hydrogens is 418 g/mol. The molecule has 146 valence electrons. The average molecular weight is 442 g/mol. The van der Waals surface area contributed by atoms with Gasteiger partial charge in [-0.2, -0.15) is 5.10 Å². The summed E-state index contributed by atoms with van der Waals surface area (Å²) in [6.45, 7) is 5.88. The zero-order valence-electron chi connectivity index (χ0n) is 16.1. The van der Waals surface area contributed by atoms with Crippen molar-refractivity contribution in [2.45, 2.75) is 32.9 Å². The standard InChI is InChI=1S/C22H24BrN3O2/c1-16(2)18-6-8-21(9-7-18)28-15-17-4-3-5-19(12-17)22(27)24-10-11-26-14-20(23)13-25-26/h3-9,12-14,16H,10-11,15H2,1-2H3,(H,24,27). The number of carbonyl (C=O) groups excluding carboxylic acids is 1. The first kappa shape index (κ1) is 20.1. The summed E-state index contributed by atoms with van der Waals surface area (Å²) < 4.78 is 8.55. The van der Waals surface area contributed by atoms with Gasteiger partial charge in [-0.3, -0.25) is 9.48 Å². The average Bonchev–Trinajstić information content (AvgIpc) is 3.12. The fraction of sp³-hybridized carbons (Fsp3) is 0.273. The van der Waals surface area contributed by atoms with Crippen LogP contribution < -0.4 is 10.1 Å². The number of nitrogens with one attached hydrogen (secondary N) is 1. The van der Waals surface area contributed by atoms with Crippen molar-refractivity contribution in [3.05, 3.63) is 82.1 Å². The number of halogens is 1. The Kier molecular flexibility index (Phi) is 6.87. The van der Waals surface area contributed by atoms with Crippen LogP contribution in [0.2, 0.25) is 0 Å². The molecule has 0 saturated heterocycles. The number of benzene rings is 2. The maximum Gasteiger partial charge on any atom is 0.251 e. The molecule has 0 fully saturated rings. The maximum absolute atomic E-state index is 12.4. The van der Waals surface area contributed by atoms with Gasteiger partial charge in [0.15, 0.2) is 0 Å². The summed E-state index contributed by atoms with van der Waals surface area (Å²) in [5.41, 5.74) is 2.86. The van der Waals surface area contributed by atoms with Gasteiger partial charge in [0, 0.05) is 18.3 Å². The van der Waals surface area contributed by atoms with Gasteiger partial charge >= 0.3 is 0 Å². The molecule has 1 heterocycles. The Labute approximate surface area is 173 Å². The van der Waals surface area contributed by atoms with E-state index in [0.717, 1.165) is 15.8 Å². The van der Waals surface area contributed by atoms with Gasteiger partial charge in [-0.25, -0.2) is 0 Å². The van der Waals surface area contributed by atoms with Crippen LogP contribution in [0.25, 0.3) is 0 Å². The highest BCUT2D eigenvalue weighted by molar-refractivity contribution is 9.10. The third kappa shape index (κ3) is 5.70. The smallest absolute Gasteiger partial charge is 0.251 e. The highest BCUT2D eigenvalue weighted by Crippen LogP contribution is 2.19. The molecule has 0 unspecified atom stereocenters. The third-order valence-electron chi connectivity index (χ3n) is 4.37. The molecule has 0 aliphatic carbocycles. The summed E-state index contributed by atoms with van der Waals surface area (Å²) in [6.07, 6.45) is 3.60. The molecule has 1 amide bonds. The molecule has 5 nitrogen and oxygen atoms in total. The van der Waals surface area contributed by atoms with Crippen LogP contribution in [-0.4, -0.2) is 22.2 Å². The molecule has 0 saturated carbocycles. The molecule has 0 bridgehead atoms. The number of amides is 1. The lowest BCUT2D eigenvalue weighted by atomic mass is 10.0. The molecule has 0 aliphatic rings. The number of hydrogen-bond donors (Lipinski definition) is 1. The van der Waals surface area contributed by atoms with Crippen LogP contribution in [0.4, 0.5) is 0 Å². The summed E-state index contributed by atoms with van der Waals surface area (Å²) in [6, 6.07) is 15.6. The van der Waals surface area contributed by atoms with E-state index in [9.17, 15) is 4.79 Å². The summed E-state index contributed by atoms with van der Waals surface area (Å²) in [4.78, 5) is 12.4. The predicted molar refractivity (Wildman–Crippen MR) is 114 cm³/mol. The van der Waals surface area contributed by atoms with Crippen LogP contribution in [0.1, 0.15) is 41.3 Å². The van der Waals surface area contributed by atoms with Gasteiger partial charge in [0.25, 0.3) is 5.91 Å². The number of ether oxygens (including phenoxy) is 1. The van der Waals surface area contributed by atoms with Crippen molar-refractivity contribution in [2.75, 3.05) is 6.54 Å². The molecule has 1 N–H and O–H groups in total. The van der Waals surface area contributed by atoms with Crippen LogP contribution in [0.5, 0.6) is 5.75 Å². The number of rotatable bonds is 8. The molecule has 1 aromatic heterocycles. The lowest BCUT2D eigenvalue weighted by Gasteiger charge is -2.10. The Bertz CT molecular complexity index is 920. The van der Waals surface area contributed by atoms with Gasteiger partial charge in [-0.15, -0.1) is 0 Å². The van der Waals surface area contributed by atoms with Crippen LogP contribution in [0, 0.1) is 0 Å². The van der Waals surface area contributed by atoms with E-state index in [1.807, 2.05) is 36.5 Å². The lowest BCUT2D eigenvalue weighted by molar-refractivity contribution is 0.0951. The topological polar surface area (TPSA) is 56.1 Å². The Morgan fingerprint density at radius 3 is 2.68 bits per heavy atom. The molecule has 3 aromatic rings. The van der Waals surface area contributed by atoms with Crippen LogP contribution in [-0.2, 0) is 13.2 Å². The van der Waals surface area contributed by atoms with Crippen molar-refractivity contribution >= 4 is 21.8 Å². The second-order valence-corrected chi connectivity index (χ2v) is 7.81. The van der Waals surface area contributed by atoms with Gasteiger partial charge in [0.05, 0.1) is 17.2 Å². The van der Waals surface area contributed by atoms with Crippen molar-refractivity contribution in [1.82, 2.24) is 15.1 Å². The minimum Gasteiger partial charge on any atom is -0.489 e. The van der Waals surface area contributed by atoms with E-state index >= 15 is 0 Å². The second-order valence-electron chi connectivity index (χ2n) is 6.89. The van der Waals surface area contributed by atoms with E-state index < -0.39 is 0 Å².